The fourth-order valence-corrected chi connectivity index (χ4v) is 7.17. The molecule has 1 aliphatic heterocycles. The molecular weight excluding hydrogens is 334 g/mol. The molecule has 1 aromatic rings. The van der Waals surface area contributed by atoms with E-state index in [1.807, 2.05) is 6.07 Å². The second-order valence-electron chi connectivity index (χ2n) is 6.40. The van der Waals surface area contributed by atoms with Gasteiger partial charge in [0, 0.05) is 12.6 Å². The quantitative estimate of drug-likeness (QED) is 0.823. The number of fused-ring (bicyclic) bond motifs is 1. The minimum atomic E-state index is -3.65. The highest BCUT2D eigenvalue weighted by Crippen LogP contribution is 2.28. The van der Waals surface area contributed by atoms with Gasteiger partial charge in [0.2, 0.25) is 10.0 Å². The van der Waals surface area contributed by atoms with Crippen LogP contribution in [-0.4, -0.2) is 45.2 Å². The summed E-state index contributed by atoms with van der Waals surface area (Å²) in [6, 6.07) is 4.94. The van der Waals surface area contributed by atoms with E-state index in [2.05, 4.69) is 0 Å². The number of rotatable bonds is 4. The Labute approximate surface area is 138 Å². The molecule has 1 aromatic carbocycles. The highest BCUT2D eigenvalue weighted by Gasteiger charge is 2.38. The number of benzene rings is 1. The van der Waals surface area contributed by atoms with Gasteiger partial charge in [-0.25, -0.2) is 16.8 Å². The molecule has 0 radical (unpaired) electrons. The zero-order chi connectivity index (χ0) is 16.7. The zero-order valence-electron chi connectivity index (χ0n) is 13.4. The van der Waals surface area contributed by atoms with Crippen molar-refractivity contribution in [1.29, 1.82) is 0 Å². The summed E-state index contributed by atoms with van der Waals surface area (Å²) in [5, 5.41) is 0. The van der Waals surface area contributed by atoms with Gasteiger partial charge in [-0.05, 0) is 55.4 Å². The number of hydrogen-bond acceptors (Lipinski definition) is 4. The Morgan fingerprint density at radius 3 is 2.48 bits per heavy atom. The van der Waals surface area contributed by atoms with E-state index in [0.717, 1.165) is 31.2 Å². The summed E-state index contributed by atoms with van der Waals surface area (Å²) in [5.41, 5.74) is 2.36. The molecule has 0 amide bonds. The average Bonchev–Trinajstić information content (AvgIpc) is 2.87. The molecule has 0 saturated carbocycles. The van der Waals surface area contributed by atoms with Gasteiger partial charge in [-0.15, -0.1) is 0 Å². The van der Waals surface area contributed by atoms with Gasteiger partial charge in [0.1, 0.15) is 0 Å². The van der Waals surface area contributed by atoms with Crippen molar-refractivity contribution >= 4 is 19.9 Å². The van der Waals surface area contributed by atoms with Gasteiger partial charge in [0.15, 0.2) is 9.84 Å². The van der Waals surface area contributed by atoms with Crippen LogP contribution in [0.2, 0.25) is 0 Å². The van der Waals surface area contributed by atoms with Crippen LogP contribution in [0.15, 0.2) is 23.1 Å². The lowest BCUT2D eigenvalue weighted by molar-refractivity contribution is 0.354. The highest BCUT2D eigenvalue weighted by atomic mass is 32.2. The molecule has 1 aliphatic carbocycles. The van der Waals surface area contributed by atoms with Crippen molar-refractivity contribution in [1.82, 2.24) is 4.31 Å². The minimum Gasteiger partial charge on any atom is -0.229 e. The van der Waals surface area contributed by atoms with Gasteiger partial charge < -0.3 is 0 Å². The van der Waals surface area contributed by atoms with Crippen molar-refractivity contribution in [2.45, 2.75) is 50.0 Å². The largest absolute Gasteiger partial charge is 0.243 e. The molecule has 128 valence electrons. The van der Waals surface area contributed by atoms with E-state index < -0.39 is 25.9 Å². The molecule has 2 aliphatic rings. The lowest BCUT2D eigenvalue weighted by atomic mass is 9.92. The molecule has 1 unspecified atom stereocenters. The van der Waals surface area contributed by atoms with Gasteiger partial charge in [-0.1, -0.05) is 13.0 Å². The molecule has 1 fully saturated rings. The lowest BCUT2D eigenvalue weighted by Crippen LogP contribution is -2.40. The maximum absolute atomic E-state index is 13.0. The second-order valence-corrected chi connectivity index (χ2v) is 10.5. The molecule has 0 aromatic heterocycles. The van der Waals surface area contributed by atoms with Crippen LogP contribution in [0.1, 0.15) is 37.3 Å². The summed E-state index contributed by atoms with van der Waals surface area (Å²) in [7, 11) is -6.76. The predicted molar refractivity (Wildman–Crippen MR) is 89.7 cm³/mol. The molecule has 7 heteroatoms. The molecule has 3 rings (SSSR count). The molecule has 1 atom stereocenters. The maximum Gasteiger partial charge on any atom is 0.243 e. The first-order valence-corrected chi connectivity index (χ1v) is 11.4. The third-order valence-electron chi connectivity index (χ3n) is 4.85. The van der Waals surface area contributed by atoms with E-state index in [1.165, 1.54) is 9.87 Å². The summed E-state index contributed by atoms with van der Waals surface area (Å²) >= 11 is 0. The number of aryl methyl sites for hydroxylation is 2. The normalized spacial score (nSPS) is 23.8. The van der Waals surface area contributed by atoms with Gasteiger partial charge >= 0.3 is 0 Å². The Kier molecular flexibility index (Phi) is 4.55. The standard InChI is InChI=1S/C16H23NO4S2/c1-2-17(15-9-10-22(18,19)12-15)23(20,21)16-8-7-13-5-3-4-6-14(13)11-16/h7-8,11,15H,2-6,9-10,12H2,1H3. The Hall–Kier alpha value is -0.920. The van der Waals surface area contributed by atoms with E-state index in [4.69, 9.17) is 0 Å². The predicted octanol–water partition coefficient (Wildman–Crippen LogP) is 1.76. The number of nitrogens with zero attached hydrogens (tertiary/aromatic N) is 1. The molecule has 0 spiro atoms. The van der Waals surface area contributed by atoms with Crippen LogP contribution in [-0.2, 0) is 32.7 Å². The van der Waals surface area contributed by atoms with Crippen molar-refractivity contribution in [3.63, 3.8) is 0 Å². The molecule has 1 heterocycles. The van der Waals surface area contributed by atoms with Crippen LogP contribution >= 0.6 is 0 Å². The van der Waals surface area contributed by atoms with Crippen LogP contribution in [0, 0.1) is 0 Å². The topological polar surface area (TPSA) is 71.5 Å². The van der Waals surface area contributed by atoms with E-state index in [1.54, 1.807) is 19.1 Å². The van der Waals surface area contributed by atoms with Crippen LogP contribution < -0.4 is 0 Å². The average molecular weight is 357 g/mol. The first-order chi connectivity index (χ1) is 10.8. The Balaban J connectivity index is 1.93. The molecule has 0 N–H and O–H groups in total. The maximum atomic E-state index is 13.0. The van der Waals surface area contributed by atoms with E-state index >= 15 is 0 Å². The molecule has 5 nitrogen and oxygen atoms in total. The second kappa shape index (κ2) is 6.18. The zero-order valence-corrected chi connectivity index (χ0v) is 15.0. The molecule has 23 heavy (non-hydrogen) atoms. The number of sulfone groups is 1. The molecular formula is C16H23NO4S2. The Morgan fingerprint density at radius 2 is 1.87 bits per heavy atom. The van der Waals surface area contributed by atoms with E-state index in [0.29, 0.717) is 17.9 Å². The van der Waals surface area contributed by atoms with Crippen molar-refractivity contribution in [2.75, 3.05) is 18.1 Å². The third-order valence-corrected chi connectivity index (χ3v) is 8.63. The Morgan fingerprint density at radius 1 is 1.17 bits per heavy atom. The van der Waals surface area contributed by atoms with Crippen LogP contribution in [0.25, 0.3) is 0 Å². The summed E-state index contributed by atoms with van der Waals surface area (Å²) in [5.74, 6) is 0.0128. The number of hydrogen-bond donors (Lipinski definition) is 0. The third kappa shape index (κ3) is 3.32. The molecule has 1 saturated heterocycles. The van der Waals surface area contributed by atoms with Gasteiger partial charge in [0.05, 0.1) is 16.4 Å². The highest BCUT2D eigenvalue weighted by molar-refractivity contribution is 7.92. The minimum absolute atomic E-state index is 0.0645. The van der Waals surface area contributed by atoms with Crippen LogP contribution in [0.5, 0.6) is 0 Å². The van der Waals surface area contributed by atoms with E-state index in [-0.39, 0.29) is 11.5 Å². The monoisotopic (exact) mass is 357 g/mol. The summed E-state index contributed by atoms with van der Waals surface area (Å²) in [4.78, 5) is 0.296. The van der Waals surface area contributed by atoms with Gasteiger partial charge in [0.25, 0.3) is 0 Å². The fourth-order valence-electron chi connectivity index (χ4n) is 3.63. The lowest BCUT2D eigenvalue weighted by Gasteiger charge is -2.26. The summed E-state index contributed by atoms with van der Waals surface area (Å²) < 4.78 is 50.7. The summed E-state index contributed by atoms with van der Waals surface area (Å²) in [6.45, 7) is 2.06. The first kappa shape index (κ1) is 16.9. The fraction of sp³-hybridized carbons (Fsp3) is 0.625. The number of sulfonamides is 1. The van der Waals surface area contributed by atoms with Crippen molar-refractivity contribution in [3.05, 3.63) is 29.3 Å². The van der Waals surface area contributed by atoms with Crippen molar-refractivity contribution in [2.24, 2.45) is 0 Å². The van der Waals surface area contributed by atoms with Gasteiger partial charge in [-0.2, -0.15) is 4.31 Å². The van der Waals surface area contributed by atoms with Crippen LogP contribution in [0.4, 0.5) is 0 Å². The summed E-state index contributed by atoms with van der Waals surface area (Å²) in [6.07, 6.45) is 4.56. The Bertz CT molecular complexity index is 799. The van der Waals surface area contributed by atoms with Crippen LogP contribution in [0.3, 0.4) is 0 Å². The van der Waals surface area contributed by atoms with Crippen molar-refractivity contribution < 1.29 is 16.8 Å². The smallest absolute Gasteiger partial charge is 0.229 e. The SMILES string of the molecule is CCN(C1CCS(=O)(=O)C1)S(=O)(=O)c1ccc2c(c1)CCCC2. The van der Waals surface area contributed by atoms with Gasteiger partial charge in [-0.3, -0.25) is 0 Å². The van der Waals surface area contributed by atoms with Crippen molar-refractivity contribution in [3.8, 4) is 0 Å². The molecule has 0 bridgehead atoms. The first-order valence-electron chi connectivity index (χ1n) is 8.17. The van der Waals surface area contributed by atoms with E-state index in [9.17, 15) is 16.8 Å².